The molecule has 2 N–H and O–H groups in total. The summed E-state index contributed by atoms with van der Waals surface area (Å²) in [4.78, 5) is 0. The molecule has 0 spiro atoms. The molecule has 0 aromatic heterocycles. The van der Waals surface area contributed by atoms with E-state index in [0.29, 0.717) is 0 Å². The topological polar surface area (TPSA) is 24.1 Å². The second kappa shape index (κ2) is 7.08. The molecule has 1 heterocycles. The minimum Gasteiger partial charge on any atom is -0.316 e. The maximum absolute atomic E-state index is 3.62. The number of piperidine rings is 1. The third-order valence-corrected chi connectivity index (χ3v) is 3.84. The monoisotopic (exact) mass is 222 g/mol. The Bertz CT molecular complexity index is 217. The Labute approximate surface area is 99.9 Å². The van der Waals surface area contributed by atoms with E-state index in [-0.39, 0.29) is 0 Å². The van der Waals surface area contributed by atoms with Crippen LogP contribution in [0.25, 0.3) is 0 Å². The molecule has 0 amide bonds. The fourth-order valence-electron chi connectivity index (χ4n) is 2.79. The standard InChI is InChI=1S/C14H26N2/c1-2-5-13(6-3-1)8-10-16-12-14-7-4-9-15-11-14/h5,14-16H,1-4,6-12H2. The second-order valence-corrected chi connectivity index (χ2v) is 5.27. The molecule has 0 saturated carbocycles. The summed E-state index contributed by atoms with van der Waals surface area (Å²) in [5.41, 5.74) is 1.69. The van der Waals surface area contributed by atoms with Crippen LogP contribution >= 0.6 is 0 Å². The quantitative estimate of drug-likeness (QED) is 0.551. The molecule has 2 aliphatic rings. The van der Waals surface area contributed by atoms with E-state index in [1.54, 1.807) is 5.57 Å². The van der Waals surface area contributed by atoms with Crippen LogP contribution in [-0.4, -0.2) is 26.2 Å². The lowest BCUT2D eigenvalue weighted by Gasteiger charge is -2.23. The molecule has 1 aliphatic carbocycles. The van der Waals surface area contributed by atoms with Crippen LogP contribution in [0.2, 0.25) is 0 Å². The molecule has 0 aromatic rings. The van der Waals surface area contributed by atoms with Gasteiger partial charge in [-0.15, -0.1) is 0 Å². The van der Waals surface area contributed by atoms with Crippen LogP contribution in [-0.2, 0) is 0 Å². The van der Waals surface area contributed by atoms with Gasteiger partial charge in [0.15, 0.2) is 0 Å². The summed E-state index contributed by atoms with van der Waals surface area (Å²) >= 11 is 0. The van der Waals surface area contributed by atoms with Crippen LogP contribution in [0.3, 0.4) is 0 Å². The van der Waals surface area contributed by atoms with Gasteiger partial charge in [0.05, 0.1) is 0 Å². The number of rotatable bonds is 5. The Kier molecular flexibility index (Phi) is 5.36. The highest BCUT2D eigenvalue weighted by molar-refractivity contribution is 5.05. The van der Waals surface area contributed by atoms with Gasteiger partial charge in [0, 0.05) is 0 Å². The normalized spacial score (nSPS) is 26.5. The highest BCUT2D eigenvalue weighted by Gasteiger charge is 2.11. The summed E-state index contributed by atoms with van der Waals surface area (Å²) in [6.45, 7) is 4.84. The third-order valence-electron chi connectivity index (χ3n) is 3.84. The highest BCUT2D eigenvalue weighted by Crippen LogP contribution is 2.19. The van der Waals surface area contributed by atoms with Gasteiger partial charge in [0.25, 0.3) is 0 Å². The predicted octanol–water partition coefficient (Wildman–Crippen LogP) is 2.47. The highest BCUT2D eigenvalue weighted by atomic mass is 14.9. The molecular formula is C14H26N2. The van der Waals surface area contributed by atoms with E-state index in [0.717, 1.165) is 5.92 Å². The van der Waals surface area contributed by atoms with Crippen molar-refractivity contribution >= 4 is 0 Å². The maximum Gasteiger partial charge on any atom is -0.000825 e. The van der Waals surface area contributed by atoms with Crippen molar-refractivity contribution in [1.29, 1.82) is 0 Å². The van der Waals surface area contributed by atoms with Crippen LogP contribution < -0.4 is 10.6 Å². The minimum atomic E-state index is 0.870. The average Bonchev–Trinajstić information content (AvgIpc) is 2.37. The first-order chi connectivity index (χ1) is 7.95. The van der Waals surface area contributed by atoms with E-state index in [9.17, 15) is 0 Å². The van der Waals surface area contributed by atoms with Gasteiger partial charge < -0.3 is 10.6 Å². The molecule has 0 radical (unpaired) electrons. The molecule has 1 atom stereocenters. The summed E-state index contributed by atoms with van der Waals surface area (Å²) in [7, 11) is 0. The van der Waals surface area contributed by atoms with Crippen LogP contribution in [0, 0.1) is 5.92 Å². The SMILES string of the molecule is C1=C(CCNCC2CCCNC2)CCCC1. The number of hydrogen-bond donors (Lipinski definition) is 2. The average molecular weight is 222 g/mol. The Morgan fingerprint density at radius 1 is 1.31 bits per heavy atom. The minimum absolute atomic E-state index is 0.870. The van der Waals surface area contributed by atoms with E-state index in [1.165, 1.54) is 71.1 Å². The van der Waals surface area contributed by atoms with Crippen molar-refractivity contribution in [1.82, 2.24) is 10.6 Å². The van der Waals surface area contributed by atoms with Gasteiger partial charge in [-0.05, 0) is 77.0 Å². The van der Waals surface area contributed by atoms with Crippen LogP contribution in [0.1, 0.15) is 44.9 Å². The first-order valence-corrected chi connectivity index (χ1v) is 7.04. The maximum atomic E-state index is 3.62. The smallest absolute Gasteiger partial charge is 0.000825 e. The van der Waals surface area contributed by atoms with Crippen molar-refractivity contribution in [3.05, 3.63) is 11.6 Å². The second-order valence-electron chi connectivity index (χ2n) is 5.27. The first kappa shape index (κ1) is 12.1. The zero-order valence-electron chi connectivity index (χ0n) is 10.4. The van der Waals surface area contributed by atoms with Gasteiger partial charge in [-0.2, -0.15) is 0 Å². The number of nitrogens with one attached hydrogen (secondary N) is 2. The third kappa shape index (κ3) is 4.26. The lowest BCUT2D eigenvalue weighted by Crippen LogP contribution is -2.36. The summed E-state index contributed by atoms with van der Waals surface area (Å²) < 4.78 is 0. The fraction of sp³-hybridized carbons (Fsp3) is 0.857. The summed E-state index contributed by atoms with van der Waals surface area (Å²) in [6, 6.07) is 0. The van der Waals surface area contributed by atoms with Crippen LogP contribution in [0.4, 0.5) is 0 Å². The molecule has 1 aliphatic heterocycles. The van der Waals surface area contributed by atoms with Gasteiger partial charge in [-0.1, -0.05) is 11.6 Å². The molecule has 1 saturated heterocycles. The largest absolute Gasteiger partial charge is 0.316 e. The molecule has 92 valence electrons. The van der Waals surface area contributed by atoms with Crippen LogP contribution in [0.5, 0.6) is 0 Å². The van der Waals surface area contributed by atoms with Crippen molar-refractivity contribution < 1.29 is 0 Å². The van der Waals surface area contributed by atoms with Gasteiger partial charge >= 0.3 is 0 Å². The predicted molar refractivity (Wildman–Crippen MR) is 69.6 cm³/mol. The Balaban J connectivity index is 1.52. The van der Waals surface area contributed by atoms with Gasteiger partial charge in [-0.25, -0.2) is 0 Å². The molecule has 0 bridgehead atoms. The van der Waals surface area contributed by atoms with Crippen molar-refractivity contribution in [2.24, 2.45) is 5.92 Å². The van der Waals surface area contributed by atoms with Gasteiger partial charge in [-0.3, -0.25) is 0 Å². The van der Waals surface area contributed by atoms with Crippen molar-refractivity contribution in [2.45, 2.75) is 44.9 Å². The summed E-state index contributed by atoms with van der Waals surface area (Å²) in [5, 5.41) is 7.10. The number of allylic oxidation sites excluding steroid dienone is 1. The van der Waals surface area contributed by atoms with E-state index < -0.39 is 0 Å². The van der Waals surface area contributed by atoms with E-state index in [2.05, 4.69) is 16.7 Å². The van der Waals surface area contributed by atoms with Crippen LogP contribution in [0.15, 0.2) is 11.6 Å². The number of hydrogen-bond acceptors (Lipinski definition) is 2. The van der Waals surface area contributed by atoms with Crippen molar-refractivity contribution in [2.75, 3.05) is 26.2 Å². The van der Waals surface area contributed by atoms with E-state index >= 15 is 0 Å². The molecule has 2 heteroatoms. The lowest BCUT2D eigenvalue weighted by molar-refractivity contribution is 0.361. The molecule has 1 unspecified atom stereocenters. The van der Waals surface area contributed by atoms with Gasteiger partial charge in [0.2, 0.25) is 0 Å². The Hall–Kier alpha value is -0.340. The Morgan fingerprint density at radius 2 is 2.31 bits per heavy atom. The lowest BCUT2D eigenvalue weighted by atomic mass is 9.97. The zero-order chi connectivity index (χ0) is 11.1. The molecular weight excluding hydrogens is 196 g/mol. The first-order valence-electron chi connectivity index (χ1n) is 7.04. The van der Waals surface area contributed by atoms with Crippen molar-refractivity contribution in [3.8, 4) is 0 Å². The van der Waals surface area contributed by atoms with Gasteiger partial charge in [0.1, 0.15) is 0 Å². The molecule has 16 heavy (non-hydrogen) atoms. The van der Waals surface area contributed by atoms with E-state index in [4.69, 9.17) is 0 Å². The molecule has 2 nitrogen and oxygen atoms in total. The molecule has 2 rings (SSSR count). The Morgan fingerprint density at radius 3 is 3.06 bits per heavy atom. The molecule has 0 aromatic carbocycles. The zero-order valence-corrected chi connectivity index (χ0v) is 10.4. The van der Waals surface area contributed by atoms with Crippen molar-refractivity contribution in [3.63, 3.8) is 0 Å². The summed E-state index contributed by atoms with van der Waals surface area (Å²) in [6.07, 6.45) is 12.0. The van der Waals surface area contributed by atoms with E-state index in [1.807, 2.05) is 0 Å². The fourth-order valence-corrected chi connectivity index (χ4v) is 2.79. The summed E-state index contributed by atoms with van der Waals surface area (Å²) in [5.74, 6) is 0.870. The molecule has 1 fully saturated rings.